The van der Waals surface area contributed by atoms with Crippen molar-refractivity contribution >= 4 is 11.8 Å². The Morgan fingerprint density at radius 3 is 2.61 bits per heavy atom. The van der Waals surface area contributed by atoms with Crippen molar-refractivity contribution in [3.8, 4) is 5.75 Å². The highest BCUT2D eigenvalue weighted by Crippen LogP contribution is 2.40. The highest BCUT2D eigenvalue weighted by molar-refractivity contribution is 6.01. The Kier molecular flexibility index (Phi) is 7.35. The van der Waals surface area contributed by atoms with Gasteiger partial charge in [-0.1, -0.05) is 55.8 Å². The van der Waals surface area contributed by atoms with Crippen LogP contribution in [0.4, 0.5) is 0 Å². The third-order valence-electron chi connectivity index (χ3n) is 4.79. The molecule has 0 fully saturated rings. The number of carbonyl (C=O) groups excluding carboxylic acids is 2. The quantitative estimate of drug-likeness (QED) is 0.572. The van der Waals surface area contributed by atoms with Crippen LogP contribution in [0.3, 0.4) is 0 Å². The van der Waals surface area contributed by atoms with Crippen molar-refractivity contribution in [1.82, 2.24) is 0 Å². The van der Waals surface area contributed by atoms with E-state index in [-0.39, 0.29) is 24.4 Å². The van der Waals surface area contributed by atoms with Gasteiger partial charge >= 0.3 is 5.97 Å². The Hall–Kier alpha value is -2.66. The van der Waals surface area contributed by atoms with E-state index in [1.807, 2.05) is 51.1 Å². The summed E-state index contributed by atoms with van der Waals surface area (Å²) in [4.78, 5) is 24.9. The molecule has 2 rings (SSSR count). The number of para-hydroxylation sites is 1. The number of esters is 1. The molecule has 0 heterocycles. The normalized spacial score (nSPS) is 19.8. The summed E-state index contributed by atoms with van der Waals surface area (Å²) in [6.07, 6.45) is 5.08. The fraction of sp³-hybridized carbons (Fsp3) is 0.391. The Balaban J connectivity index is 2.07. The number of benzene rings is 1. The number of carbonyl (C=O) groups is 2. The van der Waals surface area contributed by atoms with Crippen LogP contribution < -0.4 is 4.74 Å². The summed E-state index contributed by atoms with van der Waals surface area (Å²) in [5, 5.41) is 8.97. The fourth-order valence-corrected chi connectivity index (χ4v) is 3.27. The van der Waals surface area contributed by atoms with E-state index in [0.29, 0.717) is 17.7 Å². The summed E-state index contributed by atoms with van der Waals surface area (Å²) in [5.41, 5.74) is 2.08. The topological polar surface area (TPSA) is 72.8 Å². The molecule has 5 nitrogen and oxygen atoms in total. The number of hydrogen-bond donors (Lipinski definition) is 1. The molecule has 0 bridgehead atoms. The minimum Gasteiger partial charge on any atom is -0.482 e. The highest BCUT2D eigenvalue weighted by atomic mass is 16.6. The number of rotatable bonds is 7. The molecule has 0 saturated heterocycles. The lowest BCUT2D eigenvalue weighted by Gasteiger charge is -2.36. The third kappa shape index (κ3) is 5.67. The summed E-state index contributed by atoms with van der Waals surface area (Å²) in [5.74, 6) is -0.174. The maximum atomic E-state index is 12.7. The zero-order valence-electron chi connectivity index (χ0n) is 16.9. The summed E-state index contributed by atoms with van der Waals surface area (Å²) in [6, 6.07) is 8.99. The van der Waals surface area contributed by atoms with Gasteiger partial charge in [-0.05, 0) is 42.5 Å². The summed E-state index contributed by atoms with van der Waals surface area (Å²) < 4.78 is 10.8. The number of allylic oxidation sites excluding steroid dienone is 4. The van der Waals surface area contributed by atoms with E-state index in [1.165, 1.54) is 0 Å². The lowest BCUT2D eigenvalue weighted by Crippen LogP contribution is -2.39. The van der Waals surface area contributed by atoms with Crippen LogP contribution in [0.1, 0.15) is 34.1 Å². The zero-order valence-corrected chi connectivity index (χ0v) is 16.9. The van der Waals surface area contributed by atoms with Crippen LogP contribution in [0, 0.1) is 5.41 Å². The van der Waals surface area contributed by atoms with E-state index in [1.54, 1.807) is 25.1 Å². The third-order valence-corrected chi connectivity index (χ3v) is 4.79. The van der Waals surface area contributed by atoms with Crippen molar-refractivity contribution in [2.45, 2.75) is 40.2 Å². The van der Waals surface area contributed by atoms with Gasteiger partial charge in [0.25, 0.3) is 0 Å². The van der Waals surface area contributed by atoms with E-state index in [0.717, 1.165) is 11.1 Å². The van der Waals surface area contributed by atoms with Gasteiger partial charge in [-0.15, -0.1) is 0 Å². The summed E-state index contributed by atoms with van der Waals surface area (Å²) in [7, 11) is 0. The van der Waals surface area contributed by atoms with Gasteiger partial charge in [-0.2, -0.15) is 0 Å². The van der Waals surface area contributed by atoms with Gasteiger partial charge in [-0.25, -0.2) is 4.79 Å². The van der Waals surface area contributed by atoms with E-state index < -0.39 is 12.1 Å². The number of ketones is 1. The highest BCUT2D eigenvalue weighted by Gasteiger charge is 2.39. The number of ether oxygens (including phenoxy) is 2. The molecule has 0 aromatic heterocycles. The molecule has 0 aliphatic heterocycles. The molecule has 1 aliphatic rings. The van der Waals surface area contributed by atoms with Gasteiger partial charge in [0.05, 0.1) is 6.61 Å². The van der Waals surface area contributed by atoms with Crippen LogP contribution in [0.2, 0.25) is 0 Å². The van der Waals surface area contributed by atoms with E-state index >= 15 is 0 Å². The fourth-order valence-electron chi connectivity index (χ4n) is 3.27. The SMILES string of the molecule is CC1=C(/C=C/C(C)=C/CO)C(C)(C)CC(OC(=O)COc2ccccc2)C1=O. The Morgan fingerprint density at radius 2 is 1.96 bits per heavy atom. The molecule has 1 aromatic carbocycles. The Bertz CT molecular complexity index is 800. The molecular formula is C23H28O5. The maximum absolute atomic E-state index is 12.7. The van der Waals surface area contributed by atoms with Crippen molar-refractivity contribution in [3.05, 3.63) is 65.3 Å². The smallest absolute Gasteiger partial charge is 0.344 e. The van der Waals surface area contributed by atoms with Gasteiger partial charge < -0.3 is 14.6 Å². The number of hydrogen-bond acceptors (Lipinski definition) is 5. The first kappa shape index (κ1) is 21.6. The molecule has 1 unspecified atom stereocenters. The number of Topliss-reactive ketones (excluding diaryl/α,β-unsaturated/α-hetero) is 1. The average Bonchev–Trinajstić information content (AvgIpc) is 2.65. The second-order valence-corrected chi connectivity index (χ2v) is 7.54. The molecular weight excluding hydrogens is 356 g/mol. The number of aliphatic hydroxyl groups excluding tert-OH is 1. The second-order valence-electron chi connectivity index (χ2n) is 7.54. The van der Waals surface area contributed by atoms with Gasteiger partial charge in [0.2, 0.25) is 0 Å². The van der Waals surface area contributed by atoms with Gasteiger partial charge in [0, 0.05) is 6.42 Å². The first-order valence-electron chi connectivity index (χ1n) is 9.33. The largest absolute Gasteiger partial charge is 0.482 e. The molecule has 1 N–H and O–H groups in total. The van der Waals surface area contributed by atoms with Crippen LogP contribution in [-0.2, 0) is 14.3 Å². The predicted octanol–water partition coefficient (Wildman–Crippen LogP) is 3.79. The zero-order chi connectivity index (χ0) is 20.7. The van der Waals surface area contributed by atoms with E-state index in [2.05, 4.69) is 0 Å². The molecule has 150 valence electrons. The van der Waals surface area contributed by atoms with Crippen LogP contribution in [0.25, 0.3) is 0 Å². The molecule has 28 heavy (non-hydrogen) atoms. The molecule has 5 heteroatoms. The second kappa shape index (κ2) is 9.51. The Labute approximate surface area is 166 Å². The molecule has 1 aromatic rings. The van der Waals surface area contributed by atoms with Crippen molar-refractivity contribution in [1.29, 1.82) is 0 Å². The van der Waals surface area contributed by atoms with Crippen LogP contribution >= 0.6 is 0 Å². The van der Waals surface area contributed by atoms with Crippen molar-refractivity contribution in [2.75, 3.05) is 13.2 Å². The lowest BCUT2D eigenvalue weighted by molar-refractivity contribution is -0.158. The van der Waals surface area contributed by atoms with E-state index in [9.17, 15) is 9.59 Å². The van der Waals surface area contributed by atoms with Crippen LogP contribution in [0.15, 0.2) is 65.3 Å². The van der Waals surface area contributed by atoms with Crippen LogP contribution in [-0.4, -0.2) is 36.2 Å². The average molecular weight is 384 g/mol. The maximum Gasteiger partial charge on any atom is 0.344 e. The minimum absolute atomic E-state index is 0.0282. The van der Waals surface area contributed by atoms with E-state index in [4.69, 9.17) is 14.6 Å². The van der Waals surface area contributed by atoms with Crippen LogP contribution in [0.5, 0.6) is 5.75 Å². The first-order valence-corrected chi connectivity index (χ1v) is 9.33. The van der Waals surface area contributed by atoms with Crippen molar-refractivity contribution < 1.29 is 24.2 Å². The van der Waals surface area contributed by atoms with Gasteiger partial charge in [-0.3, -0.25) is 4.79 Å². The van der Waals surface area contributed by atoms with Crippen molar-refractivity contribution in [2.24, 2.45) is 5.41 Å². The van der Waals surface area contributed by atoms with Gasteiger partial charge in [0.1, 0.15) is 5.75 Å². The summed E-state index contributed by atoms with van der Waals surface area (Å²) >= 11 is 0. The summed E-state index contributed by atoms with van der Waals surface area (Å²) in [6.45, 7) is 7.42. The molecule has 0 amide bonds. The van der Waals surface area contributed by atoms with Gasteiger partial charge in [0.15, 0.2) is 18.5 Å². The minimum atomic E-state index is -0.812. The molecule has 1 atom stereocenters. The molecule has 0 saturated carbocycles. The first-order chi connectivity index (χ1) is 13.2. The number of aliphatic hydroxyl groups is 1. The van der Waals surface area contributed by atoms with Crippen molar-refractivity contribution in [3.63, 3.8) is 0 Å². The Morgan fingerprint density at radius 1 is 1.29 bits per heavy atom. The predicted molar refractivity (Wildman–Crippen MR) is 108 cm³/mol. The molecule has 0 radical (unpaired) electrons. The lowest BCUT2D eigenvalue weighted by atomic mass is 9.71. The molecule has 0 spiro atoms. The monoisotopic (exact) mass is 384 g/mol. The standard InChI is InChI=1S/C23H28O5/c1-16(12-13-24)10-11-19-17(2)22(26)20(14-23(19,3)4)28-21(25)15-27-18-8-6-5-7-9-18/h5-12,20,24H,13-15H2,1-4H3/b11-10+,16-12+. The molecule has 1 aliphatic carbocycles.